The van der Waals surface area contributed by atoms with Gasteiger partial charge in [0, 0.05) is 28.4 Å². The minimum atomic E-state index is -3.31. The lowest BCUT2D eigenvalue weighted by atomic mass is 11.8. The van der Waals surface area contributed by atoms with Gasteiger partial charge >= 0.3 is 38.1 Å². The van der Waals surface area contributed by atoms with E-state index in [0.29, 0.717) is 0 Å². The van der Waals surface area contributed by atoms with Gasteiger partial charge in [-0.1, -0.05) is 0 Å². The molecule has 1 fully saturated rings. The van der Waals surface area contributed by atoms with Crippen LogP contribution < -0.4 is 0 Å². The Kier molecular flexibility index (Phi) is 5.91. The average molecular weight is 300 g/mol. The molecule has 92 valence electrons. The zero-order valence-electron chi connectivity index (χ0n) is 9.27. The topological polar surface area (TPSA) is 73.8 Å². The van der Waals surface area contributed by atoms with Crippen molar-refractivity contribution >= 4 is 38.1 Å². The summed E-state index contributed by atoms with van der Waals surface area (Å²) in [4.78, 5) is 0. The second kappa shape index (κ2) is 6.47. The first-order valence-electron chi connectivity index (χ1n) is 4.08. The largest absolute Gasteiger partial charge is 0.664 e. The summed E-state index contributed by atoms with van der Waals surface area (Å²) in [6, 6.07) is 0. The molecular formula is C4H12O8Si4. The monoisotopic (exact) mass is 300 g/mol. The zero-order chi connectivity index (χ0) is 12.1. The van der Waals surface area contributed by atoms with E-state index in [1.54, 1.807) is 0 Å². The van der Waals surface area contributed by atoms with Crippen molar-refractivity contribution in [1.29, 1.82) is 0 Å². The first-order valence-corrected chi connectivity index (χ1v) is 8.98. The summed E-state index contributed by atoms with van der Waals surface area (Å²) < 4.78 is 41.7. The quantitative estimate of drug-likeness (QED) is 0.587. The Morgan fingerprint density at radius 1 is 0.750 bits per heavy atom. The van der Waals surface area contributed by atoms with E-state index >= 15 is 0 Å². The third kappa shape index (κ3) is 3.28. The van der Waals surface area contributed by atoms with Crippen LogP contribution in [0.15, 0.2) is 0 Å². The van der Waals surface area contributed by atoms with Gasteiger partial charge in [0.05, 0.1) is 0 Å². The molecule has 1 saturated heterocycles. The summed E-state index contributed by atoms with van der Waals surface area (Å²) in [7, 11) is -1.54. The van der Waals surface area contributed by atoms with Crippen molar-refractivity contribution in [3.05, 3.63) is 0 Å². The molecular weight excluding hydrogens is 288 g/mol. The third-order valence-electron chi connectivity index (χ3n) is 1.67. The zero-order valence-corrected chi connectivity index (χ0v) is 13.3. The van der Waals surface area contributed by atoms with Crippen LogP contribution in [0.4, 0.5) is 0 Å². The van der Waals surface area contributed by atoms with Crippen molar-refractivity contribution < 1.29 is 34.2 Å². The van der Waals surface area contributed by atoms with Gasteiger partial charge < -0.3 is 34.2 Å². The molecule has 1 rings (SSSR count). The van der Waals surface area contributed by atoms with Gasteiger partial charge in [-0.25, -0.2) is 0 Å². The predicted octanol–water partition coefficient (Wildman–Crippen LogP) is -1.41. The smallest absolute Gasteiger partial charge is 0.412 e. The van der Waals surface area contributed by atoms with Gasteiger partial charge in [0.25, 0.3) is 0 Å². The summed E-state index contributed by atoms with van der Waals surface area (Å²) in [6.45, 7) is 0. The van der Waals surface area contributed by atoms with Gasteiger partial charge in [0.15, 0.2) is 0 Å². The summed E-state index contributed by atoms with van der Waals surface area (Å²) >= 11 is 0. The molecule has 0 aromatic heterocycles. The van der Waals surface area contributed by atoms with Crippen molar-refractivity contribution in [3.8, 4) is 0 Å². The van der Waals surface area contributed by atoms with Crippen molar-refractivity contribution in [2.45, 2.75) is 0 Å². The van der Waals surface area contributed by atoms with Crippen LogP contribution in [0.1, 0.15) is 0 Å². The van der Waals surface area contributed by atoms with Crippen LogP contribution in [0, 0.1) is 0 Å². The maximum Gasteiger partial charge on any atom is 0.664 e. The minimum Gasteiger partial charge on any atom is -0.412 e. The van der Waals surface area contributed by atoms with E-state index in [4.69, 9.17) is 34.2 Å². The van der Waals surface area contributed by atoms with Crippen LogP contribution in [-0.2, 0) is 34.2 Å². The van der Waals surface area contributed by atoms with Gasteiger partial charge in [-0.3, -0.25) is 0 Å². The van der Waals surface area contributed by atoms with E-state index < -0.39 is 18.1 Å². The molecule has 0 atom stereocenters. The maximum absolute atomic E-state index is 5.54. The van der Waals surface area contributed by atoms with Crippen molar-refractivity contribution in [3.63, 3.8) is 0 Å². The molecule has 0 spiro atoms. The van der Waals surface area contributed by atoms with Crippen LogP contribution in [0.2, 0.25) is 0 Å². The van der Waals surface area contributed by atoms with Crippen LogP contribution >= 0.6 is 0 Å². The molecule has 0 bridgehead atoms. The van der Waals surface area contributed by atoms with Gasteiger partial charge in [0.1, 0.15) is 0 Å². The summed E-state index contributed by atoms with van der Waals surface area (Å²) in [5.74, 6) is 0. The van der Waals surface area contributed by atoms with Gasteiger partial charge in [0.2, 0.25) is 0 Å². The fourth-order valence-electron chi connectivity index (χ4n) is 0.855. The lowest BCUT2D eigenvalue weighted by molar-refractivity contribution is -0.00499. The third-order valence-corrected chi connectivity index (χ3v) is 9.00. The standard InChI is InChI=1S/C4H12O8Si4/c1-5-15(6-2)10-13-9-14-11-16(7-3,8-4)12-15/h1-4H3. The number of rotatable bonds is 4. The molecule has 4 radical (unpaired) electrons. The summed E-state index contributed by atoms with van der Waals surface area (Å²) in [5, 5.41) is 0. The fourth-order valence-corrected chi connectivity index (χ4v) is 8.20. The molecule has 1 aliphatic rings. The van der Waals surface area contributed by atoms with Crippen LogP contribution in [0.25, 0.3) is 0 Å². The molecule has 8 nitrogen and oxygen atoms in total. The molecule has 0 aliphatic carbocycles. The highest BCUT2D eigenvalue weighted by molar-refractivity contribution is 6.73. The molecule has 12 heteroatoms. The van der Waals surface area contributed by atoms with E-state index in [1.807, 2.05) is 0 Å². The summed E-state index contributed by atoms with van der Waals surface area (Å²) in [6.07, 6.45) is 0. The van der Waals surface area contributed by atoms with Gasteiger partial charge in [-0.05, 0) is 0 Å². The number of hydrogen-bond acceptors (Lipinski definition) is 8. The number of hydrogen-bond donors (Lipinski definition) is 0. The SMILES string of the molecule is CO[Si]1(OC)O[Si]O[Si]O[Si](OC)(OC)O1. The van der Waals surface area contributed by atoms with E-state index in [9.17, 15) is 0 Å². The fraction of sp³-hybridized carbons (Fsp3) is 1.00. The first-order chi connectivity index (χ1) is 7.66. The molecule has 0 unspecified atom stereocenters. The van der Waals surface area contributed by atoms with Gasteiger partial charge in [-0.15, -0.1) is 0 Å². The van der Waals surface area contributed by atoms with Crippen molar-refractivity contribution in [2.24, 2.45) is 0 Å². The molecule has 1 heterocycles. The van der Waals surface area contributed by atoms with E-state index in [0.717, 1.165) is 0 Å². The van der Waals surface area contributed by atoms with Crippen molar-refractivity contribution in [2.75, 3.05) is 28.4 Å². The second-order valence-corrected chi connectivity index (χ2v) is 9.62. The first kappa shape index (κ1) is 14.6. The lowest BCUT2D eigenvalue weighted by Gasteiger charge is -2.34. The highest BCUT2D eigenvalue weighted by Crippen LogP contribution is 2.20. The lowest BCUT2D eigenvalue weighted by Crippen LogP contribution is -2.63. The molecule has 0 N–H and O–H groups in total. The van der Waals surface area contributed by atoms with E-state index in [2.05, 4.69) is 0 Å². The molecule has 1 aliphatic heterocycles. The average Bonchev–Trinajstić information content (AvgIpc) is 2.31. The maximum atomic E-state index is 5.54. The van der Waals surface area contributed by atoms with E-state index in [1.165, 1.54) is 28.4 Å². The molecule has 16 heavy (non-hydrogen) atoms. The highest BCUT2D eigenvalue weighted by atomic mass is 28.5. The van der Waals surface area contributed by atoms with Crippen LogP contribution in [0.3, 0.4) is 0 Å². The molecule has 0 aromatic rings. The van der Waals surface area contributed by atoms with E-state index in [-0.39, 0.29) is 20.0 Å². The predicted molar refractivity (Wildman–Crippen MR) is 55.4 cm³/mol. The molecule has 0 aromatic carbocycles. The van der Waals surface area contributed by atoms with Crippen molar-refractivity contribution in [1.82, 2.24) is 0 Å². The Labute approximate surface area is 101 Å². The Balaban J connectivity index is 2.85. The van der Waals surface area contributed by atoms with Gasteiger partial charge in [-0.2, -0.15) is 0 Å². The summed E-state index contributed by atoms with van der Waals surface area (Å²) in [5.41, 5.74) is 0. The minimum absolute atomic E-state index is 0.281. The molecule has 0 saturated carbocycles. The normalized spacial score (nSPS) is 24.8. The second-order valence-electron chi connectivity index (χ2n) is 2.39. The molecule has 0 amide bonds. The Morgan fingerprint density at radius 2 is 1.12 bits per heavy atom. The Hall–Kier alpha value is 0.548. The van der Waals surface area contributed by atoms with Crippen LogP contribution in [-0.4, -0.2) is 66.5 Å². The Bertz CT molecular complexity index is 188. The highest BCUT2D eigenvalue weighted by Gasteiger charge is 2.59. The Morgan fingerprint density at radius 3 is 1.44 bits per heavy atom. The van der Waals surface area contributed by atoms with Crippen LogP contribution in [0.5, 0.6) is 0 Å².